The molecule has 0 N–H and O–H groups in total. The summed E-state index contributed by atoms with van der Waals surface area (Å²) in [5.41, 5.74) is 1.72. The number of rotatable bonds is 8. The van der Waals surface area contributed by atoms with Gasteiger partial charge in [-0.25, -0.2) is 13.4 Å². The molecule has 1 amide bonds. The van der Waals surface area contributed by atoms with Gasteiger partial charge in [0.1, 0.15) is 0 Å². The van der Waals surface area contributed by atoms with Crippen molar-refractivity contribution in [2.45, 2.75) is 11.3 Å². The van der Waals surface area contributed by atoms with E-state index in [0.717, 1.165) is 11.3 Å². The minimum atomic E-state index is -3.59. The molecule has 0 atom stereocenters. The van der Waals surface area contributed by atoms with Gasteiger partial charge in [-0.1, -0.05) is 48.0 Å². The van der Waals surface area contributed by atoms with E-state index in [1.165, 1.54) is 40.5 Å². The lowest BCUT2D eigenvalue weighted by molar-refractivity contribution is -0.118. The van der Waals surface area contributed by atoms with Crippen molar-refractivity contribution in [2.75, 3.05) is 17.2 Å². The second kappa shape index (κ2) is 9.35. The summed E-state index contributed by atoms with van der Waals surface area (Å²) in [4.78, 5) is 18.9. The molecule has 0 saturated heterocycles. The third-order valence-electron chi connectivity index (χ3n) is 4.16. The molecule has 3 aromatic rings. The van der Waals surface area contributed by atoms with Gasteiger partial charge in [0.25, 0.3) is 0 Å². The molecule has 3 rings (SSSR count). The molecule has 0 saturated carbocycles. The van der Waals surface area contributed by atoms with Gasteiger partial charge in [0.05, 0.1) is 16.3 Å². The van der Waals surface area contributed by atoms with Crippen LogP contribution in [-0.2, 0) is 14.6 Å². The van der Waals surface area contributed by atoms with Crippen LogP contribution in [-0.4, -0.2) is 31.6 Å². The number of thiazole rings is 1. The number of carbonyl (C=O) groups excluding carboxylic acids is 1. The van der Waals surface area contributed by atoms with E-state index in [1.54, 1.807) is 6.08 Å². The Morgan fingerprint density at radius 3 is 2.48 bits per heavy atom. The highest BCUT2D eigenvalue weighted by Crippen LogP contribution is 2.28. The van der Waals surface area contributed by atoms with Crippen molar-refractivity contribution in [3.05, 3.63) is 77.7 Å². The first-order valence-electron chi connectivity index (χ1n) is 8.81. The van der Waals surface area contributed by atoms with E-state index in [1.807, 2.05) is 35.7 Å². The maximum Gasteiger partial charge on any atom is 0.230 e. The van der Waals surface area contributed by atoms with Crippen molar-refractivity contribution in [3.63, 3.8) is 0 Å². The van der Waals surface area contributed by atoms with E-state index in [0.29, 0.717) is 10.2 Å². The zero-order valence-corrected chi connectivity index (χ0v) is 17.9. The van der Waals surface area contributed by atoms with E-state index in [9.17, 15) is 13.2 Å². The lowest BCUT2D eigenvalue weighted by Gasteiger charge is -2.18. The molecule has 2 aromatic carbocycles. The summed E-state index contributed by atoms with van der Waals surface area (Å²) in [6.45, 7) is 3.94. The number of hydrogen-bond donors (Lipinski definition) is 0. The van der Waals surface area contributed by atoms with Gasteiger partial charge in [-0.05, 0) is 24.3 Å². The molecule has 0 aliphatic heterocycles. The maximum absolute atomic E-state index is 12.8. The van der Waals surface area contributed by atoms with Gasteiger partial charge in [-0.15, -0.1) is 17.9 Å². The predicted octanol–water partition coefficient (Wildman–Crippen LogP) is 4.85. The Morgan fingerprint density at radius 2 is 1.83 bits per heavy atom. The fourth-order valence-electron chi connectivity index (χ4n) is 2.66. The Labute approximate surface area is 179 Å². The topological polar surface area (TPSA) is 67.3 Å². The number of nitrogens with zero attached hydrogens (tertiary/aromatic N) is 2. The van der Waals surface area contributed by atoms with Crippen molar-refractivity contribution in [1.29, 1.82) is 0 Å². The van der Waals surface area contributed by atoms with Crippen molar-refractivity contribution in [3.8, 4) is 11.3 Å². The monoisotopic (exact) mass is 446 g/mol. The minimum Gasteiger partial charge on any atom is -0.284 e. The molecule has 5 nitrogen and oxygen atoms in total. The average Bonchev–Trinajstić information content (AvgIpc) is 3.21. The molecule has 0 bridgehead atoms. The maximum atomic E-state index is 12.8. The normalized spacial score (nSPS) is 11.2. The molecule has 0 fully saturated rings. The standard InChI is InChI=1S/C21H19ClN2O3S2/c1-2-13-24(21-23-19(15-28-21)16-6-4-3-5-7-16)20(25)12-14-29(26,27)18-10-8-17(22)9-11-18/h2-11,15H,1,12-14H2. The molecular formula is C21H19ClN2O3S2. The minimum absolute atomic E-state index is 0.144. The van der Waals surface area contributed by atoms with Crippen LogP contribution in [0, 0.1) is 0 Å². The molecule has 29 heavy (non-hydrogen) atoms. The fourth-order valence-corrected chi connectivity index (χ4v) is 4.88. The number of aromatic nitrogens is 1. The number of carbonyl (C=O) groups is 1. The van der Waals surface area contributed by atoms with Gasteiger partial charge in [0.15, 0.2) is 15.0 Å². The first-order chi connectivity index (χ1) is 13.9. The first kappa shape index (κ1) is 21.2. The summed E-state index contributed by atoms with van der Waals surface area (Å²) in [5.74, 6) is -0.616. The molecule has 1 aromatic heterocycles. The number of halogens is 1. The zero-order chi connectivity index (χ0) is 20.9. The van der Waals surface area contributed by atoms with Crippen LogP contribution in [0.1, 0.15) is 6.42 Å². The molecule has 0 spiro atoms. The van der Waals surface area contributed by atoms with Crippen molar-refractivity contribution >= 4 is 43.8 Å². The SMILES string of the molecule is C=CCN(C(=O)CCS(=O)(=O)c1ccc(Cl)cc1)c1nc(-c2ccccc2)cs1. The number of benzene rings is 2. The summed E-state index contributed by atoms with van der Waals surface area (Å²) >= 11 is 7.14. The summed E-state index contributed by atoms with van der Waals surface area (Å²) in [7, 11) is -3.59. The van der Waals surface area contributed by atoms with Gasteiger partial charge < -0.3 is 0 Å². The quantitative estimate of drug-likeness (QED) is 0.464. The molecule has 8 heteroatoms. The third-order valence-corrected chi connectivity index (χ3v) is 7.01. The molecule has 0 radical (unpaired) electrons. The van der Waals surface area contributed by atoms with Crippen molar-refractivity contribution in [2.24, 2.45) is 0 Å². The molecule has 0 aliphatic rings. The number of hydrogen-bond acceptors (Lipinski definition) is 5. The predicted molar refractivity (Wildman–Crippen MR) is 118 cm³/mol. The molecular weight excluding hydrogens is 428 g/mol. The highest BCUT2D eigenvalue weighted by Gasteiger charge is 2.22. The third kappa shape index (κ3) is 5.32. The number of anilines is 1. The van der Waals surface area contributed by atoms with Crippen molar-refractivity contribution in [1.82, 2.24) is 4.98 Å². The molecule has 1 heterocycles. The van der Waals surface area contributed by atoms with Gasteiger partial charge >= 0.3 is 0 Å². The summed E-state index contributed by atoms with van der Waals surface area (Å²) in [6.07, 6.45) is 1.44. The Kier molecular flexibility index (Phi) is 6.84. The zero-order valence-electron chi connectivity index (χ0n) is 15.5. The average molecular weight is 447 g/mol. The van der Waals surface area contributed by atoms with Crippen LogP contribution in [0.3, 0.4) is 0 Å². The Bertz CT molecular complexity index is 1090. The number of amides is 1. The second-order valence-electron chi connectivity index (χ2n) is 6.20. The Hall–Kier alpha value is -2.48. The van der Waals surface area contributed by atoms with Crippen LogP contribution in [0.5, 0.6) is 0 Å². The van der Waals surface area contributed by atoms with Crippen molar-refractivity contribution < 1.29 is 13.2 Å². The van der Waals surface area contributed by atoms with Gasteiger partial charge in [0, 0.05) is 28.9 Å². The van der Waals surface area contributed by atoms with Gasteiger partial charge in [-0.3, -0.25) is 9.69 Å². The van der Waals surface area contributed by atoms with Crippen LogP contribution in [0.2, 0.25) is 5.02 Å². The lowest BCUT2D eigenvalue weighted by Crippen LogP contribution is -2.32. The summed E-state index contributed by atoms with van der Waals surface area (Å²) in [6, 6.07) is 15.6. The summed E-state index contributed by atoms with van der Waals surface area (Å²) < 4.78 is 25.0. The van der Waals surface area contributed by atoms with E-state index in [-0.39, 0.29) is 29.5 Å². The smallest absolute Gasteiger partial charge is 0.230 e. The van der Waals surface area contributed by atoms with Crippen LogP contribution in [0.15, 0.2) is 77.5 Å². The second-order valence-corrected chi connectivity index (χ2v) is 9.58. The highest BCUT2D eigenvalue weighted by atomic mass is 35.5. The Morgan fingerprint density at radius 1 is 1.14 bits per heavy atom. The van der Waals surface area contributed by atoms with E-state index in [4.69, 9.17) is 11.6 Å². The molecule has 0 aliphatic carbocycles. The largest absolute Gasteiger partial charge is 0.284 e. The summed E-state index contributed by atoms with van der Waals surface area (Å²) in [5, 5.41) is 2.84. The van der Waals surface area contributed by atoms with Crippen LogP contribution in [0.4, 0.5) is 5.13 Å². The lowest BCUT2D eigenvalue weighted by atomic mass is 10.2. The Balaban J connectivity index is 1.74. The fraction of sp³-hybridized carbons (Fsp3) is 0.143. The van der Waals surface area contributed by atoms with E-state index < -0.39 is 9.84 Å². The molecule has 150 valence electrons. The van der Waals surface area contributed by atoms with Gasteiger partial charge in [0.2, 0.25) is 5.91 Å². The number of sulfone groups is 1. The highest BCUT2D eigenvalue weighted by molar-refractivity contribution is 7.91. The van der Waals surface area contributed by atoms with Gasteiger partial charge in [-0.2, -0.15) is 0 Å². The first-order valence-corrected chi connectivity index (χ1v) is 11.7. The van der Waals surface area contributed by atoms with Crippen LogP contribution in [0.25, 0.3) is 11.3 Å². The van der Waals surface area contributed by atoms with Crippen LogP contribution >= 0.6 is 22.9 Å². The van der Waals surface area contributed by atoms with Crippen LogP contribution < -0.4 is 4.90 Å². The molecule has 0 unspecified atom stereocenters. The van der Waals surface area contributed by atoms with E-state index >= 15 is 0 Å². The van der Waals surface area contributed by atoms with E-state index in [2.05, 4.69) is 11.6 Å².